The van der Waals surface area contributed by atoms with Crippen molar-refractivity contribution in [2.24, 2.45) is 0 Å². The van der Waals surface area contributed by atoms with Gasteiger partial charge in [-0.25, -0.2) is 18.3 Å². The van der Waals surface area contributed by atoms with E-state index in [-0.39, 0.29) is 33.9 Å². The molecule has 0 bridgehead atoms. The van der Waals surface area contributed by atoms with E-state index in [2.05, 4.69) is 44.4 Å². The SMILES string of the molecule is C.C=CCOP(=O)(O)O.C=CCOP(=O)(O)O.C=CCOP(=O)(O)O.C=CCOP(=O)(O)O. The van der Waals surface area contributed by atoms with Crippen LogP contribution in [-0.4, -0.2) is 65.6 Å². The highest BCUT2D eigenvalue weighted by Crippen LogP contribution is 2.36. The molecule has 0 fully saturated rings. The third-order valence-corrected chi connectivity index (χ3v) is 3.38. The molecule has 200 valence electrons. The molecule has 16 nitrogen and oxygen atoms in total. The summed E-state index contributed by atoms with van der Waals surface area (Å²) in [6, 6.07) is 0. The third kappa shape index (κ3) is 72.1. The molecule has 0 aromatic carbocycles. The van der Waals surface area contributed by atoms with Gasteiger partial charge >= 0.3 is 31.3 Å². The molecule has 20 heteroatoms. The molecule has 0 aliphatic heterocycles. The first-order valence-electron chi connectivity index (χ1n) is 7.48. The average Bonchev–Trinajstić information content (AvgIpc) is 2.60. The van der Waals surface area contributed by atoms with Crippen LogP contribution in [0.25, 0.3) is 0 Å². The Labute approximate surface area is 191 Å². The Balaban J connectivity index is -0.000000105. The highest BCUT2D eigenvalue weighted by atomic mass is 31.2. The Morgan fingerprint density at radius 3 is 0.606 bits per heavy atom. The topological polar surface area (TPSA) is 267 Å². The summed E-state index contributed by atoms with van der Waals surface area (Å²) in [6.45, 7) is 12.3. The molecule has 0 saturated heterocycles. The average molecular weight is 568 g/mol. The van der Waals surface area contributed by atoms with Crippen LogP contribution >= 0.6 is 31.3 Å². The number of hydrogen-bond donors (Lipinski definition) is 8. The summed E-state index contributed by atoms with van der Waals surface area (Å²) in [4.78, 5) is 63.9. The molecule has 0 aromatic heterocycles. The van der Waals surface area contributed by atoms with E-state index >= 15 is 0 Å². The van der Waals surface area contributed by atoms with E-state index < -0.39 is 31.3 Å². The van der Waals surface area contributed by atoms with Crippen molar-refractivity contribution in [2.45, 2.75) is 7.43 Å². The van der Waals surface area contributed by atoms with Crippen LogP contribution in [-0.2, 0) is 36.4 Å². The minimum atomic E-state index is -4.25. The van der Waals surface area contributed by atoms with Gasteiger partial charge in [0.15, 0.2) is 0 Å². The van der Waals surface area contributed by atoms with E-state index in [1.165, 1.54) is 24.3 Å². The predicted octanol–water partition coefficient (Wildman–Crippen LogP) is 1.76. The molecule has 0 unspecified atom stereocenters. The summed E-state index contributed by atoms with van der Waals surface area (Å²) in [6.07, 6.45) is 5.05. The predicted molar refractivity (Wildman–Crippen MR) is 120 cm³/mol. The number of hydrogen-bond acceptors (Lipinski definition) is 8. The molecule has 0 rings (SSSR count). The van der Waals surface area contributed by atoms with Crippen molar-refractivity contribution < 1.29 is 75.5 Å². The Morgan fingerprint density at radius 2 is 0.576 bits per heavy atom. The van der Waals surface area contributed by atoms with Crippen LogP contribution < -0.4 is 0 Å². The van der Waals surface area contributed by atoms with Gasteiger partial charge < -0.3 is 39.1 Å². The van der Waals surface area contributed by atoms with Crippen molar-refractivity contribution in [2.75, 3.05) is 26.4 Å². The van der Waals surface area contributed by atoms with Crippen LogP contribution in [0, 0.1) is 0 Å². The van der Waals surface area contributed by atoms with Gasteiger partial charge in [-0.3, -0.25) is 18.1 Å². The maximum absolute atomic E-state index is 9.81. The monoisotopic (exact) mass is 568 g/mol. The van der Waals surface area contributed by atoms with Crippen LogP contribution in [0.5, 0.6) is 0 Å². The van der Waals surface area contributed by atoms with Gasteiger partial charge in [0.1, 0.15) is 0 Å². The van der Waals surface area contributed by atoms with Crippen LogP contribution in [0.4, 0.5) is 0 Å². The van der Waals surface area contributed by atoms with E-state index in [1.54, 1.807) is 0 Å². The summed E-state index contributed by atoms with van der Waals surface area (Å²) in [5, 5.41) is 0. The zero-order valence-electron chi connectivity index (χ0n) is 16.6. The first-order valence-corrected chi connectivity index (χ1v) is 13.6. The van der Waals surface area contributed by atoms with Crippen molar-refractivity contribution in [1.82, 2.24) is 0 Å². The molecule has 0 spiro atoms. The van der Waals surface area contributed by atoms with Gasteiger partial charge in [0.05, 0.1) is 26.4 Å². The van der Waals surface area contributed by atoms with Crippen molar-refractivity contribution in [3.8, 4) is 0 Å². The molecule has 0 radical (unpaired) electrons. The molecule has 0 amide bonds. The largest absolute Gasteiger partial charge is 0.469 e. The van der Waals surface area contributed by atoms with Crippen molar-refractivity contribution in [3.05, 3.63) is 50.6 Å². The zero-order valence-corrected chi connectivity index (χ0v) is 20.2. The summed E-state index contributed by atoms with van der Waals surface area (Å²) >= 11 is 0. The molecular weight excluding hydrogens is 536 g/mol. The second kappa shape index (κ2) is 23.2. The van der Waals surface area contributed by atoms with Crippen molar-refractivity contribution in [1.29, 1.82) is 0 Å². The first-order chi connectivity index (χ1) is 14.2. The summed E-state index contributed by atoms with van der Waals surface area (Å²) in [7, 11) is -17.0. The number of rotatable bonds is 12. The maximum atomic E-state index is 9.81. The summed E-state index contributed by atoms with van der Waals surface area (Å²) in [5.41, 5.74) is 0. The van der Waals surface area contributed by atoms with E-state index in [1.807, 2.05) is 0 Å². The quantitative estimate of drug-likeness (QED) is 0.123. The van der Waals surface area contributed by atoms with Crippen LogP contribution in [0.1, 0.15) is 7.43 Å². The van der Waals surface area contributed by atoms with Gasteiger partial charge in [-0.2, -0.15) is 0 Å². The second-order valence-corrected chi connectivity index (χ2v) is 9.26. The smallest absolute Gasteiger partial charge is 0.303 e. The fourth-order valence-electron chi connectivity index (χ4n) is 0.599. The molecular formula is C13H32O16P4. The second-order valence-electron chi connectivity index (χ2n) is 4.30. The lowest BCUT2D eigenvalue weighted by Crippen LogP contribution is -1.86. The summed E-state index contributed by atoms with van der Waals surface area (Å²) in [5.74, 6) is 0. The van der Waals surface area contributed by atoms with E-state index in [4.69, 9.17) is 39.1 Å². The van der Waals surface area contributed by atoms with Gasteiger partial charge in [0.25, 0.3) is 0 Å². The van der Waals surface area contributed by atoms with Gasteiger partial charge in [0, 0.05) is 0 Å². The zero-order chi connectivity index (χ0) is 26.5. The fraction of sp³-hybridized carbons (Fsp3) is 0.385. The standard InChI is InChI=1S/4C3H7O4P.CH4/c4*1-2-3-7-8(4,5)6;/h4*2H,1,3H2,(H2,4,5,6);1H4. The Morgan fingerprint density at radius 1 is 0.455 bits per heavy atom. The third-order valence-electron chi connectivity index (χ3n) is 1.44. The van der Waals surface area contributed by atoms with Gasteiger partial charge in [-0.1, -0.05) is 31.7 Å². The Kier molecular flexibility index (Phi) is 29.9. The normalized spacial score (nSPS) is 10.9. The fourth-order valence-corrected chi connectivity index (χ4v) is 1.80. The molecule has 0 saturated carbocycles. The highest BCUT2D eigenvalue weighted by molar-refractivity contribution is 7.47. The molecule has 0 aromatic rings. The van der Waals surface area contributed by atoms with E-state index in [0.29, 0.717) is 0 Å². The Bertz CT molecular complexity index is 579. The lowest BCUT2D eigenvalue weighted by atomic mass is 10.7. The minimum absolute atomic E-state index is 0. The first kappa shape index (κ1) is 42.6. The van der Waals surface area contributed by atoms with E-state index in [9.17, 15) is 18.3 Å². The lowest BCUT2D eigenvalue weighted by molar-refractivity contribution is 0.214. The van der Waals surface area contributed by atoms with Crippen molar-refractivity contribution in [3.63, 3.8) is 0 Å². The summed E-state index contributed by atoms with van der Waals surface area (Å²) < 4.78 is 55.0. The molecule has 0 aliphatic carbocycles. The van der Waals surface area contributed by atoms with Gasteiger partial charge in [-0.15, -0.1) is 26.3 Å². The van der Waals surface area contributed by atoms with Crippen molar-refractivity contribution >= 4 is 31.3 Å². The number of phosphoric acid groups is 4. The van der Waals surface area contributed by atoms with Crippen LogP contribution in [0.2, 0.25) is 0 Å². The van der Waals surface area contributed by atoms with E-state index in [0.717, 1.165) is 0 Å². The Hall–Kier alpha value is -0.600. The van der Waals surface area contributed by atoms with Gasteiger partial charge in [0.2, 0.25) is 0 Å². The molecule has 8 N–H and O–H groups in total. The van der Waals surface area contributed by atoms with Crippen LogP contribution in [0.3, 0.4) is 0 Å². The lowest BCUT2D eigenvalue weighted by Gasteiger charge is -1.98. The maximum Gasteiger partial charge on any atom is 0.469 e. The highest BCUT2D eigenvalue weighted by Gasteiger charge is 2.12. The molecule has 0 aliphatic rings. The number of phosphoric ester groups is 4. The minimum Gasteiger partial charge on any atom is -0.303 e. The molecule has 0 atom stereocenters. The van der Waals surface area contributed by atoms with Gasteiger partial charge in [-0.05, 0) is 0 Å². The molecule has 33 heavy (non-hydrogen) atoms. The molecule has 0 heterocycles. The van der Waals surface area contributed by atoms with Crippen LogP contribution in [0.15, 0.2) is 50.6 Å².